The monoisotopic (exact) mass is 308 g/mol. The number of hydrogen-bond donors (Lipinski definition) is 0. The zero-order chi connectivity index (χ0) is 16.1. The molecule has 0 spiro atoms. The Hall–Kier alpha value is -2.13. The minimum Gasteiger partial charge on any atom is -0.340 e. The molecular weight excluding hydrogens is 284 g/mol. The van der Waals surface area contributed by atoms with Crippen LogP contribution in [0.4, 0.5) is 0 Å². The van der Waals surface area contributed by atoms with Gasteiger partial charge in [-0.15, -0.1) is 0 Å². The van der Waals surface area contributed by atoms with Crippen molar-refractivity contribution in [2.75, 3.05) is 26.2 Å². The lowest BCUT2D eigenvalue weighted by Gasteiger charge is -2.36. The smallest absolute Gasteiger partial charge is 0.229 e. The number of piperazine rings is 1. The van der Waals surface area contributed by atoms with Gasteiger partial charge in [0.1, 0.15) is 0 Å². The Labute approximate surface area is 138 Å². The average Bonchev–Trinajstić information content (AvgIpc) is 2.63. The fourth-order valence-electron chi connectivity index (χ4n) is 3.13. The molecule has 0 bridgehead atoms. The van der Waals surface area contributed by atoms with Crippen LogP contribution in [0.15, 0.2) is 60.7 Å². The van der Waals surface area contributed by atoms with E-state index in [1.807, 2.05) is 48.2 Å². The Morgan fingerprint density at radius 3 is 2.09 bits per heavy atom. The Kier molecular flexibility index (Phi) is 5.09. The summed E-state index contributed by atoms with van der Waals surface area (Å²) in [5.74, 6) is 0.187. The molecule has 1 aliphatic rings. The van der Waals surface area contributed by atoms with Crippen molar-refractivity contribution in [1.29, 1.82) is 0 Å². The van der Waals surface area contributed by atoms with E-state index in [4.69, 9.17) is 0 Å². The quantitative estimate of drug-likeness (QED) is 0.866. The average molecular weight is 308 g/mol. The van der Waals surface area contributed by atoms with Gasteiger partial charge in [0.2, 0.25) is 5.91 Å². The lowest BCUT2D eigenvalue weighted by molar-refractivity contribution is -0.134. The summed E-state index contributed by atoms with van der Waals surface area (Å²) < 4.78 is 0. The first-order valence-corrected chi connectivity index (χ1v) is 8.34. The highest BCUT2D eigenvalue weighted by Crippen LogP contribution is 2.19. The summed E-state index contributed by atoms with van der Waals surface area (Å²) in [4.78, 5) is 17.1. The molecule has 0 N–H and O–H groups in total. The molecule has 3 heteroatoms. The largest absolute Gasteiger partial charge is 0.340 e. The van der Waals surface area contributed by atoms with Crippen molar-refractivity contribution in [2.45, 2.75) is 19.4 Å². The molecule has 23 heavy (non-hydrogen) atoms. The molecule has 120 valence electrons. The molecule has 2 aromatic rings. The number of rotatable bonds is 4. The van der Waals surface area contributed by atoms with Crippen molar-refractivity contribution in [3.63, 3.8) is 0 Å². The minimum absolute atomic E-state index is 0.0585. The summed E-state index contributed by atoms with van der Waals surface area (Å²) in [6, 6.07) is 20.6. The topological polar surface area (TPSA) is 23.6 Å². The molecule has 1 amide bonds. The van der Waals surface area contributed by atoms with Crippen LogP contribution in [0, 0.1) is 0 Å². The maximum absolute atomic E-state index is 12.7. The van der Waals surface area contributed by atoms with E-state index in [0.717, 1.165) is 38.3 Å². The third kappa shape index (κ3) is 3.99. The van der Waals surface area contributed by atoms with E-state index in [9.17, 15) is 4.79 Å². The number of nitrogens with zero attached hydrogens (tertiary/aromatic N) is 2. The molecule has 1 fully saturated rings. The Bertz CT molecular complexity index is 619. The molecule has 0 aromatic heterocycles. The molecule has 0 aliphatic carbocycles. The van der Waals surface area contributed by atoms with Crippen LogP contribution in [0.1, 0.15) is 24.0 Å². The van der Waals surface area contributed by atoms with E-state index < -0.39 is 0 Å². The molecule has 0 radical (unpaired) electrons. The lowest BCUT2D eigenvalue weighted by atomic mass is 9.99. The standard InChI is InChI=1S/C20H24N2O/c1-17(19-10-6-3-7-11-19)20(23)22-14-12-21(13-15-22)16-18-8-4-2-5-9-18/h2-11,17H,12-16H2,1H3/t17-/m0/s1. The van der Waals surface area contributed by atoms with Gasteiger partial charge in [-0.1, -0.05) is 60.7 Å². The maximum Gasteiger partial charge on any atom is 0.229 e. The highest BCUT2D eigenvalue weighted by Gasteiger charge is 2.25. The van der Waals surface area contributed by atoms with Crippen molar-refractivity contribution in [3.05, 3.63) is 71.8 Å². The van der Waals surface area contributed by atoms with Gasteiger partial charge in [-0.2, -0.15) is 0 Å². The lowest BCUT2D eigenvalue weighted by Crippen LogP contribution is -2.49. The van der Waals surface area contributed by atoms with Crippen molar-refractivity contribution >= 4 is 5.91 Å². The maximum atomic E-state index is 12.7. The van der Waals surface area contributed by atoms with Crippen LogP contribution in [0.2, 0.25) is 0 Å². The molecule has 1 atom stereocenters. The van der Waals surface area contributed by atoms with Gasteiger partial charge in [-0.05, 0) is 18.1 Å². The zero-order valence-electron chi connectivity index (χ0n) is 13.7. The van der Waals surface area contributed by atoms with E-state index >= 15 is 0 Å². The van der Waals surface area contributed by atoms with Gasteiger partial charge in [0.05, 0.1) is 5.92 Å². The highest BCUT2D eigenvalue weighted by atomic mass is 16.2. The Balaban J connectivity index is 1.53. The molecule has 2 aromatic carbocycles. The predicted molar refractivity (Wildman–Crippen MR) is 93.2 cm³/mol. The SMILES string of the molecule is C[C@H](C(=O)N1CCN(Cc2ccccc2)CC1)c1ccccc1. The summed E-state index contributed by atoms with van der Waals surface area (Å²) >= 11 is 0. The van der Waals surface area contributed by atoms with Crippen molar-refractivity contribution < 1.29 is 4.79 Å². The van der Waals surface area contributed by atoms with Crippen LogP contribution >= 0.6 is 0 Å². The van der Waals surface area contributed by atoms with Gasteiger partial charge in [-0.3, -0.25) is 9.69 Å². The molecular formula is C20H24N2O. The van der Waals surface area contributed by atoms with Gasteiger partial charge in [-0.25, -0.2) is 0 Å². The van der Waals surface area contributed by atoms with E-state index in [2.05, 4.69) is 29.2 Å². The van der Waals surface area contributed by atoms with Crippen LogP contribution in [-0.4, -0.2) is 41.9 Å². The Morgan fingerprint density at radius 1 is 0.913 bits per heavy atom. The molecule has 1 heterocycles. The van der Waals surface area contributed by atoms with Crippen LogP contribution in [-0.2, 0) is 11.3 Å². The number of hydrogen-bond acceptors (Lipinski definition) is 2. The highest BCUT2D eigenvalue weighted by molar-refractivity contribution is 5.83. The number of amides is 1. The normalized spacial score (nSPS) is 17.0. The van der Waals surface area contributed by atoms with Crippen molar-refractivity contribution in [1.82, 2.24) is 9.80 Å². The third-order valence-electron chi connectivity index (χ3n) is 4.60. The van der Waals surface area contributed by atoms with Crippen molar-refractivity contribution in [2.24, 2.45) is 0 Å². The van der Waals surface area contributed by atoms with Gasteiger partial charge in [0.15, 0.2) is 0 Å². The summed E-state index contributed by atoms with van der Waals surface area (Å²) in [7, 11) is 0. The molecule has 0 saturated carbocycles. The predicted octanol–water partition coefficient (Wildman–Crippen LogP) is 3.13. The van der Waals surface area contributed by atoms with Crippen LogP contribution in [0.5, 0.6) is 0 Å². The molecule has 3 rings (SSSR count). The van der Waals surface area contributed by atoms with Crippen LogP contribution in [0.25, 0.3) is 0 Å². The summed E-state index contributed by atoms with van der Waals surface area (Å²) in [5, 5.41) is 0. The molecule has 3 nitrogen and oxygen atoms in total. The first-order chi connectivity index (χ1) is 11.2. The van der Waals surface area contributed by atoms with E-state index in [1.54, 1.807) is 0 Å². The van der Waals surface area contributed by atoms with Gasteiger partial charge < -0.3 is 4.90 Å². The summed E-state index contributed by atoms with van der Waals surface area (Å²) in [6.07, 6.45) is 0. The fourth-order valence-corrected chi connectivity index (χ4v) is 3.13. The summed E-state index contributed by atoms with van der Waals surface area (Å²) in [5.41, 5.74) is 2.44. The van der Waals surface area contributed by atoms with Crippen LogP contribution < -0.4 is 0 Å². The minimum atomic E-state index is -0.0585. The molecule has 0 unspecified atom stereocenters. The molecule has 1 saturated heterocycles. The second-order valence-corrected chi connectivity index (χ2v) is 6.22. The van der Waals surface area contributed by atoms with E-state index in [0.29, 0.717) is 0 Å². The van der Waals surface area contributed by atoms with Gasteiger partial charge in [0, 0.05) is 32.7 Å². The number of benzene rings is 2. The van der Waals surface area contributed by atoms with Crippen LogP contribution in [0.3, 0.4) is 0 Å². The summed E-state index contributed by atoms with van der Waals surface area (Å²) in [6.45, 7) is 6.51. The first kappa shape index (κ1) is 15.8. The number of carbonyl (C=O) groups excluding carboxylic acids is 1. The first-order valence-electron chi connectivity index (χ1n) is 8.34. The Morgan fingerprint density at radius 2 is 1.48 bits per heavy atom. The van der Waals surface area contributed by atoms with E-state index in [-0.39, 0.29) is 11.8 Å². The van der Waals surface area contributed by atoms with Gasteiger partial charge in [0.25, 0.3) is 0 Å². The zero-order valence-corrected chi connectivity index (χ0v) is 13.7. The van der Waals surface area contributed by atoms with Crippen molar-refractivity contribution in [3.8, 4) is 0 Å². The van der Waals surface area contributed by atoms with Gasteiger partial charge >= 0.3 is 0 Å². The fraction of sp³-hybridized carbons (Fsp3) is 0.350. The second kappa shape index (κ2) is 7.42. The third-order valence-corrected chi connectivity index (χ3v) is 4.60. The second-order valence-electron chi connectivity index (χ2n) is 6.22. The van der Waals surface area contributed by atoms with E-state index in [1.165, 1.54) is 5.56 Å². The number of carbonyl (C=O) groups is 1. The molecule has 1 aliphatic heterocycles.